The van der Waals surface area contributed by atoms with Gasteiger partial charge in [-0.05, 0) is 19.8 Å². The number of hydrogen-bond acceptors (Lipinski definition) is 4. The molecule has 1 aliphatic heterocycles. The Balaban J connectivity index is 0.00000312. The average molecular weight is 467 g/mol. The molecule has 8 heteroatoms. The molecule has 0 spiro atoms. The minimum absolute atomic E-state index is 0. The van der Waals surface area contributed by atoms with Crippen LogP contribution in [0.4, 0.5) is 0 Å². The van der Waals surface area contributed by atoms with E-state index in [1.54, 1.807) is 7.11 Å². The minimum atomic E-state index is 0. The first-order valence-electron chi connectivity index (χ1n) is 9.27. The Morgan fingerprint density at radius 2 is 1.92 bits per heavy atom. The van der Waals surface area contributed by atoms with Gasteiger partial charge in [0, 0.05) is 58.8 Å². The van der Waals surface area contributed by atoms with Crippen molar-refractivity contribution in [3.63, 3.8) is 0 Å². The number of guanidine groups is 1. The van der Waals surface area contributed by atoms with Crippen molar-refractivity contribution in [3.05, 3.63) is 0 Å². The first kappa shape index (κ1) is 22.4. The van der Waals surface area contributed by atoms with Crippen molar-refractivity contribution in [1.82, 2.24) is 20.4 Å². The number of halogens is 1. The topological polar surface area (TPSA) is 69.2 Å². The van der Waals surface area contributed by atoms with Gasteiger partial charge < -0.3 is 20.3 Å². The van der Waals surface area contributed by atoms with Crippen LogP contribution >= 0.6 is 24.0 Å². The molecule has 0 aromatic rings. The van der Waals surface area contributed by atoms with Crippen LogP contribution in [-0.4, -0.2) is 87.7 Å². The molecule has 7 nitrogen and oxygen atoms in total. The summed E-state index contributed by atoms with van der Waals surface area (Å²) in [6.45, 7) is 9.68. The zero-order chi connectivity index (χ0) is 17.2. The van der Waals surface area contributed by atoms with E-state index in [0.717, 1.165) is 71.2 Å². The van der Waals surface area contributed by atoms with Crippen molar-refractivity contribution in [2.24, 2.45) is 10.9 Å². The molecule has 25 heavy (non-hydrogen) atoms. The van der Waals surface area contributed by atoms with Crippen LogP contribution in [0.3, 0.4) is 0 Å². The number of nitrogens with one attached hydrogen (secondary N) is 2. The van der Waals surface area contributed by atoms with Crippen molar-refractivity contribution in [1.29, 1.82) is 0 Å². The Morgan fingerprint density at radius 3 is 2.48 bits per heavy atom. The molecule has 1 saturated heterocycles. The third kappa shape index (κ3) is 7.65. The van der Waals surface area contributed by atoms with E-state index in [2.05, 4.69) is 32.3 Å². The second-order valence-electron chi connectivity index (χ2n) is 6.47. The summed E-state index contributed by atoms with van der Waals surface area (Å²) in [7, 11) is 1.70. The minimum Gasteiger partial charge on any atom is -0.383 e. The second-order valence-corrected chi connectivity index (χ2v) is 6.47. The lowest BCUT2D eigenvalue weighted by Gasteiger charge is -2.38. The molecule has 1 amide bonds. The highest BCUT2D eigenvalue weighted by atomic mass is 127. The molecule has 0 unspecified atom stereocenters. The highest BCUT2D eigenvalue weighted by Crippen LogP contribution is 2.28. The number of ether oxygens (including phenoxy) is 1. The van der Waals surface area contributed by atoms with E-state index in [1.165, 1.54) is 6.42 Å². The van der Waals surface area contributed by atoms with Crippen LogP contribution in [0.5, 0.6) is 0 Å². The van der Waals surface area contributed by atoms with Crippen LogP contribution in [0.25, 0.3) is 0 Å². The Bertz CT molecular complexity index is 410. The number of nitrogens with zero attached hydrogens (tertiary/aromatic N) is 3. The maximum Gasteiger partial charge on any atom is 0.225 e. The lowest BCUT2D eigenvalue weighted by atomic mass is 9.84. The number of methoxy groups -OCH3 is 1. The van der Waals surface area contributed by atoms with Crippen LogP contribution in [0.2, 0.25) is 0 Å². The number of piperazine rings is 1. The molecule has 146 valence electrons. The van der Waals surface area contributed by atoms with Crippen molar-refractivity contribution in [2.45, 2.75) is 26.2 Å². The lowest BCUT2D eigenvalue weighted by Crippen LogP contribution is -2.51. The van der Waals surface area contributed by atoms with E-state index in [9.17, 15) is 4.79 Å². The zero-order valence-electron chi connectivity index (χ0n) is 15.6. The van der Waals surface area contributed by atoms with Gasteiger partial charge in [0.05, 0.1) is 13.2 Å². The SMILES string of the molecule is CCNC(=NCCN1CCN(C(=O)C2CCC2)CC1)NCCOC.I. The molecule has 0 aromatic carbocycles. The van der Waals surface area contributed by atoms with Crippen LogP contribution in [0.15, 0.2) is 4.99 Å². The van der Waals surface area contributed by atoms with Crippen LogP contribution in [0.1, 0.15) is 26.2 Å². The standard InChI is InChI=1S/C17H33N5O2.HI/c1-3-18-17(20-8-14-24-2)19-7-9-21-10-12-22(13-11-21)16(23)15-5-4-6-15;/h15H,3-14H2,1-2H3,(H2,18,19,20);1H. The molecule has 1 aliphatic carbocycles. The Labute approximate surface area is 169 Å². The predicted octanol–water partition coefficient (Wildman–Crippen LogP) is 0.750. The van der Waals surface area contributed by atoms with Crippen LogP contribution in [-0.2, 0) is 9.53 Å². The van der Waals surface area contributed by atoms with Gasteiger partial charge >= 0.3 is 0 Å². The fraction of sp³-hybridized carbons (Fsp3) is 0.882. The van der Waals surface area contributed by atoms with Gasteiger partial charge in [0.2, 0.25) is 5.91 Å². The van der Waals surface area contributed by atoms with Gasteiger partial charge in [0.15, 0.2) is 5.96 Å². The van der Waals surface area contributed by atoms with Crippen molar-refractivity contribution >= 4 is 35.8 Å². The van der Waals surface area contributed by atoms with E-state index >= 15 is 0 Å². The normalized spacial score (nSPS) is 19.1. The van der Waals surface area contributed by atoms with Crippen molar-refractivity contribution in [2.75, 3.05) is 66.1 Å². The van der Waals surface area contributed by atoms with Gasteiger partial charge in [-0.15, -0.1) is 24.0 Å². The number of rotatable bonds is 8. The molecule has 0 aromatic heterocycles. The summed E-state index contributed by atoms with van der Waals surface area (Å²) in [5.41, 5.74) is 0. The van der Waals surface area contributed by atoms with Gasteiger partial charge in [-0.25, -0.2) is 0 Å². The Kier molecular flexibility index (Phi) is 11.4. The van der Waals surface area contributed by atoms with Gasteiger partial charge in [0.25, 0.3) is 0 Å². The summed E-state index contributed by atoms with van der Waals surface area (Å²) in [4.78, 5) is 21.3. The highest BCUT2D eigenvalue weighted by Gasteiger charge is 2.30. The molecule has 2 aliphatic rings. The maximum atomic E-state index is 12.2. The largest absolute Gasteiger partial charge is 0.383 e. The smallest absolute Gasteiger partial charge is 0.225 e. The lowest BCUT2D eigenvalue weighted by molar-refractivity contribution is -0.139. The summed E-state index contributed by atoms with van der Waals surface area (Å²) in [5, 5.41) is 6.49. The summed E-state index contributed by atoms with van der Waals surface area (Å²) >= 11 is 0. The van der Waals surface area contributed by atoms with E-state index in [1.807, 2.05) is 0 Å². The Hall–Kier alpha value is -0.610. The fourth-order valence-corrected chi connectivity index (χ4v) is 3.02. The van der Waals surface area contributed by atoms with Crippen LogP contribution in [0, 0.1) is 5.92 Å². The molecule has 0 atom stereocenters. The number of aliphatic imine (C=N–C) groups is 1. The molecule has 0 radical (unpaired) electrons. The monoisotopic (exact) mass is 467 g/mol. The second kappa shape index (κ2) is 12.7. The number of carbonyl (C=O) groups excluding carboxylic acids is 1. The molecule has 2 rings (SSSR count). The molecule has 1 saturated carbocycles. The molecule has 2 N–H and O–H groups in total. The third-order valence-electron chi connectivity index (χ3n) is 4.77. The summed E-state index contributed by atoms with van der Waals surface area (Å²) in [5.74, 6) is 1.55. The molecule has 1 heterocycles. The first-order valence-corrected chi connectivity index (χ1v) is 9.27. The fourth-order valence-electron chi connectivity index (χ4n) is 3.02. The van der Waals surface area contributed by atoms with Crippen molar-refractivity contribution in [3.8, 4) is 0 Å². The Morgan fingerprint density at radius 1 is 1.20 bits per heavy atom. The van der Waals surface area contributed by atoms with Crippen molar-refractivity contribution < 1.29 is 9.53 Å². The zero-order valence-corrected chi connectivity index (χ0v) is 18.0. The van der Waals surface area contributed by atoms with Gasteiger partial charge in [-0.2, -0.15) is 0 Å². The third-order valence-corrected chi connectivity index (χ3v) is 4.77. The summed E-state index contributed by atoms with van der Waals surface area (Å²) < 4.78 is 5.04. The highest BCUT2D eigenvalue weighted by molar-refractivity contribution is 14.0. The quantitative estimate of drug-likeness (QED) is 0.239. The molecule has 0 bridgehead atoms. The van der Waals surface area contributed by atoms with E-state index in [0.29, 0.717) is 18.4 Å². The number of hydrogen-bond donors (Lipinski definition) is 2. The average Bonchev–Trinajstić information content (AvgIpc) is 2.54. The maximum absolute atomic E-state index is 12.2. The van der Waals surface area contributed by atoms with E-state index in [-0.39, 0.29) is 24.0 Å². The predicted molar refractivity (Wildman–Crippen MR) is 112 cm³/mol. The van der Waals surface area contributed by atoms with Gasteiger partial charge in [-0.3, -0.25) is 14.7 Å². The summed E-state index contributed by atoms with van der Waals surface area (Å²) in [6.07, 6.45) is 3.41. The number of carbonyl (C=O) groups is 1. The molecule has 2 fully saturated rings. The first-order chi connectivity index (χ1) is 11.7. The summed E-state index contributed by atoms with van der Waals surface area (Å²) in [6, 6.07) is 0. The molecular weight excluding hydrogens is 433 g/mol. The van der Waals surface area contributed by atoms with Gasteiger partial charge in [0.1, 0.15) is 0 Å². The van der Waals surface area contributed by atoms with E-state index in [4.69, 9.17) is 4.74 Å². The van der Waals surface area contributed by atoms with Gasteiger partial charge in [-0.1, -0.05) is 6.42 Å². The van der Waals surface area contributed by atoms with Crippen LogP contribution < -0.4 is 10.6 Å². The van der Waals surface area contributed by atoms with E-state index < -0.39 is 0 Å². The number of amides is 1. The molecular formula is C17H34IN5O2.